The molecule has 0 rings (SSSR count). The highest BCUT2D eigenvalue weighted by molar-refractivity contribution is 7.47. The Morgan fingerprint density at radius 2 is 1.12 bits per heavy atom. The Balaban J connectivity index is 3.86. The molecule has 0 heterocycles. The van der Waals surface area contributed by atoms with Crippen molar-refractivity contribution in [3.8, 4) is 0 Å². The summed E-state index contributed by atoms with van der Waals surface area (Å²) in [5.41, 5.74) is 0. The normalized spacial score (nSPS) is 14.9. The van der Waals surface area contributed by atoms with E-state index >= 15 is 0 Å². The summed E-state index contributed by atoms with van der Waals surface area (Å²) in [5, 5.41) is 18.6. The van der Waals surface area contributed by atoms with Crippen LogP contribution in [0.3, 0.4) is 0 Å². The van der Waals surface area contributed by atoms with Crippen molar-refractivity contribution in [1.29, 1.82) is 0 Å². The number of phosphoric acid groups is 1. The van der Waals surface area contributed by atoms with Crippen LogP contribution in [-0.2, 0) is 32.7 Å². The SMILES string of the molecule is CCCCC/C=C\C/C=C\C/C=C\CCCCCCCCC(=O)OC(CO)COP(=O)(O)OCC(CO)OC(=O)CC. The second-order valence-corrected chi connectivity index (χ2v) is 11.5. The van der Waals surface area contributed by atoms with Gasteiger partial charge in [-0.1, -0.05) is 88.8 Å². The van der Waals surface area contributed by atoms with E-state index < -0.39 is 58.4 Å². The molecule has 0 saturated heterocycles. The molecular formula is C31H55O10P. The monoisotopic (exact) mass is 618 g/mol. The summed E-state index contributed by atoms with van der Waals surface area (Å²) in [4.78, 5) is 33.1. The molecule has 3 N–H and O–H groups in total. The molecule has 0 aromatic heterocycles. The van der Waals surface area contributed by atoms with Crippen LogP contribution < -0.4 is 0 Å². The van der Waals surface area contributed by atoms with E-state index in [1.807, 2.05) is 0 Å². The quantitative estimate of drug-likeness (QED) is 0.0384. The minimum atomic E-state index is -4.59. The number of allylic oxidation sites excluding steroid dienone is 6. The molecule has 42 heavy (non-hydrogen) atoms. The number of ether oxygens (including phenoxy) is 2. The first-order chi connectivity index (χ1) is 20.3. The van der Waals surface area contributed by atoms with E-state index in [2.05, 4.69) is 43.4 Å². The summed E-state index contributed by atoms with van der Waals surface area (Å²) >= 11 is 0. The molecule has 0 amide bonds. The van der Waals surface area contributed by atoms with Gasteiger partial charge in [-0.05, 0) is 44.9 Å². The van der Waals surface area contributed by atoms with Crippen LogP contribution in [-0.4, -0.2) is 65.7 Å². The van der Waals surface area contributed by atoms with Gasteiger partial charge in [0.1, 0.15) is 12.2 Å². The molecule has 0 aliphatic rings. The number of carbonyl (C=O) groups is 2. The average molecular weight is 619 g/mol. The maximum atomic E-state index is 12.1. The van der Waals surface area contributed by atoms with Crippen LogP contribution in [0.1, 0.15) is 110 Å². The second-order valence-electron chi connectivity index (χ2n) is 10.0. The molecule has 0 saturated carbocycles. The molecule has 0 aliphatic carbocycles. The lowest BCUT2D eigenvalue weighted by Crippen LogP contribution is -2.28. The Bertz CT molecular complexity index is 812. The van der Waals surface area contributed by atoms with Crippen LogP contribution in [0.4, 0.5) is 0 Å². The lowest BCUT2D eigenvalue weighted by molar-refractivity contribution is -0.153. The van der Waals surface area contributed by atoms with E-state index in [0.29, 0.717) is 6.42 Å². The van der Waals surface area contributed by atoms with E-state index in [-0.39, 0.29) is 12.8 Å². The van der Waals surface area contributed by atoms with Crippen LogP contribution in [0.15, 0.2) is 36.5 Å². The van der Waals surface area contributed by atoms with E-state index in [0.717, 1.165) is 51.4 Å². The molecule has 0 radical (unpaired) electrons. The van der Waals surface area contributed by atoms with Crippen LogP contribution in [0.25, 0.3) is 0 Å². The van der Waals surface area contributed by atoms with E-state index in [4.69, 9.17) is 18.5 Å². The summed E-state index contributed by atoms with van der Waals surface area (Å²) in [6.45, 7) is 1.46. The smallest absolute Gasteiger partial charge is 0.457 e. The Hall–Kier alpha value is -1.81. The van der Waals surface area contributed by atoms with Gasteiger partial charge in [0, 0.05) is 12.8 Å². The first kappa shape index (κ1) is 40.2. The maximum absolute atomic E-state index is 12.1. The molecule has 0 spiro atoms. The summed E-state index contributed by atoms with van der Waals surface area (Å²) < 4.78 is 31.5. The molecule has 0 aromatic rings. The van der Waals surface area contributed by atoms with Gasteiger partial charge in [0.05, 0.1) is 26.4 Å². The van der Waals surface area contributed by atoms with Gasteiger partial charge in [0.25, 0.3) is 0 Å². The molecule has 0 aliphatic heterocycles. The summed E-state index contributed by atoms with van der Waals surface area (Å²) in [5.74, 6) is -1.13. The highest BCUT2D eigenvalue weighted by atomic mass is 31.2. The lowest BCUT2D eigenvalue weighted by Gasteiger charge is -2.20. The summed E-state index contributed by atoms with van der Waals surface area (Å²) in [7, 11) is -4.59. The summed E-state index contributed by atoms with van der Waals surface area (Å²) in [6.07, 6.45) is 25.4. The van der Waals surface area contributed by atoms with Gasteiger partial charge in [-0.3, -0.25) is 18.6 Å². The number of esters is 2. The van der Waals surface area contributed by atoms with Crippen LogP contribution in [0.2, 0.25) is 0 Å². The third-order valence-corrected chi connectivity index (χ3v) is 7.11. The number of aliphatic hydroxyl groups excluding tert-OH is 2. The van der Waals surface area contributed by atoms with Crippen molar-refractivity contribution >= 4 is 19.8 Å². The first-order valence-electron chi connectivity index (χ1n) is 15.4. The van der Waals surface area contributed by atoms with Crippen LogP contribution >= 0.6 is 7.82 Å². The van der Waals surface area contributed by atoms with Crippen molar-refractivity contribution in [2.45, 2.75) is 122 Å². The van der Waals surface area contributed by atoms with Gasteiger partial charge in [-0.15, -0.1) is 0 Å². The molecule has 11 heteroatoms. The number of rotatable bonds is 28. The van der Waals surface area contributed by atoms with Gasteiger partial charge in [-0.2, -0.15) is 0 Å². The number of phosphoric ester groups is 1. The van der Waals surface area contributed by atoms with Gasteiger partial charge in [-0.25, -0.2) is 4.57 Å². The molecule has 3 unspecified atom stereocenters. The average Bonchev–Trinajstić information content (AvgIpc) is 2.98. The number of hydrogen-bond acceptors (Lipinski definition) is 9. The maximum Gasteiger partial charge on any atom is 0.472 e. The lowest BCUT2D eigenvalue weighted by atomic mass is 10.1. The predicted molar refractivity (Wildman–Crippen MR) is 164 cm³/mol. The van der Waals surface area contributed by atoms with Crippen molar-refractivity contribution in [2.24, 2.45) is 0 Å². The fourth-order valence-corrected chi connectivity index (χ4v) is 4.47. The van der Waals surface area contributed by atoms with E-state index in [1.54, 1.807) is 6.92 Å². The van der Waals surface area contributed by atoms with Crippen molar-refractivity contribution in [2.75, 3.05) is 26.4 Å². The van der Waals surface area contributed by atoms with Crippen LogP contribution in [0.5, 0.6) is 0 Å². The standard InChI is InChI=1S/C31H55O10P/c1-3-5-6-7-8-9-10-11-12-13-14-15-16-17-18-19-20-21-22-23-31(35)41-29(25-33)27-39-42(36,37)38-26-28(24-32)40-30(34)4-2/h8-9,11-12,14-15,28-29,32-33H,3-7,10,13,16-27H2,1-2H3,(H,36,37)/b9-8-,12-11-,15-14-. The second kappa shape index (κ2) is 28.0. The third-order valence-electron chi connectivity index (χ3n) is 6.16. The zero-order valence-electron chi connectivity index (χ0n) is 25.7. The van der Waals surface area contributed by atoms with Gasteiger partial charge in [0.15, 0.2) is 0 Å². The number of carbonyl (C=O) groups excluding carboxylic acids is 2. The van der Waals surface area contributed by atoms with Gasteiger partial charge in [0.2, 0.25) is 0 Å². The largest absolute Gasteiger partial charge is 0.472 e. The highest BCUT2D eigenvalue weighted by Crippen LogP contribution is 2.43. The topological polar surface area (TPSA) is 149 Å². The minimum Gasteiger partial charge on any atom is -0.457 e. The van der Waals surface area contributed by atoms with E-state index in [9.17, 15) is 29.3 Å². The van der Waals surface area contributed by atoms with Crippen molar-refractivity contribution in [3.63, 3.8) is 0 Å². The minimum absolute atomic E-state index is 0.0711. The molecule has 3 atom stereocenters. The Morgan fingerprint density at radius 1 is 0.667 bits per heavy atom. The number of hydrogen-bond donors (Lipinski definition) is 3. The van der Waals surface area contributed by atoms with Crippen molar-refractivity contribution in [3.05, 3.63) is 36.5 Å². The molecule has 0 bridgehead atoms. The Kier molecular flexibility index (Phi) is 26.8. The first-order valence-corrected chi connectivity index (χ1v) is 16.9. The number of aliphatic hydroxyl groups is 2. The molecule has 244 valence electrons. The van der Waals surface area contributed by atoms with Crippen molar-refractivity contribution < 1.29 is 47.8 Å². The van der Waals surface area contributed by atoms with E-state index in [1.165, 1.54) is 25.7 Å². The Morgan fingerprint density at radius 3 is 1.62 bits per heavy atom. The zero-order chi connectivity index (χ0) is 31.3. The summed E-state index contributed by atoms with van der Waals surface area (Å²) in [6, 6.07) is 0. The van der Waals surface area contributed by atoms with Gasteiger partial charge >= 0.3 is 19.8 Å². The van der Waals surface area contributed by atoms with Gasteiger partial charge < -0.3 is 24.6 Å². The molecule has 0 aromatic carbocycles. The molecule has 10 nitrogen and oxygen atoms in total. The van der Waals surface area contributed by atoms with Crippen LogP contribution in [0, 0.1) is 0 Å². The highest BCUT2D eigenvalue weighted by Gasteiger charge is 2.27. The Labute approximate surface area is 252 Å². The number of unbranched alkanes of at least 4 members (excludes halogenated alkanes) is 9. The zero-order valence-corrected chi connectivity index (χ0v) is 26.6. The fourth-order valence-electron chi connectivity index (χ4n) is 3.68. The molecule has 0 fully saturated rings. The third kappa shape index (κ3) is 25.9. The fraction of sp³-hybridized carbons (Fsp3) is 0.742. The van der Waals surface area contributed by atoms with Crippen molar-refractivity contribution in [1.82, 2.24) is 0 Å². The predicted octanol–water partition coefficient (Wildman–Crippen LogP) is 6.49. The molecular weight excluding hydrogens is 563 g/mol.